The van der Waals surface area contributed by atoms with E-state index in [1.807, 2.05) is 53.4 Å². The fourth-order valence-electron chi connectivity index (χ4n) is 3.85. The van der Waals surface area contributed by atoms with Gasteiger partial charge in [-0.2, -0.15) is 0 Å². The predicted molar refractivity (Wildman–Crippen MR) is 118 cm³/mol. The van der Waals surface area contributed by atoms with Crippen LogP contribution in [0.15, 0.2) is 72.1 Å². The number of fused-ring (bicyclic) bond motifs is 1. The summed E-state index contributed by atoms with van der Waals surface area (Å²) in [5.74, 6) is 0.162. The van der Waals surface area contributed by atoms with Gasteiger partial charge in [-0.1, -0.05) is 60.7 Å². The molecule has 29 heavy (non-hydrogen) atoms. The molecule has 0 radical (unpaired) electrons. The van der Waals surface area contributed by atoms with Crippen molar-refractivity contribution in [3.63, 3.8) is 0 Å². The molecule has 1 aromatic heterocycles. The van der Waals surface area contributed by atoms with Crippen molar-refractivity contribution in [2.24, 2.45) is 0 Å². The first-order valence-electron chi connectivity index (χ1n) is 10.0. The van der Waals surface area contributed by atoms with E-state index in [0.717, 1.165) is 16.8 Å². The van der Waals surface area contributed by atoms with Crippen molar-refractivity contribution in [2.45, 2.75) is 32.0 Å². The lowest BCUT2D eigenvalue weighted by Crippen LogP contribution is -2.40. The zero-order chi connectivity index (χ0) is 20.1. The predicted octanol–water partition coefficient (Wildman–Crippen LogP) is 4.09. The molecule has 4 rings (SSSR count). The van der Waals surface area contributed by atoms with Crippen LogP contribution in [0, 0.1) is 0 Å². The van der Waals surface area contributed by atoms with E-state index in [1.54, 1.807) is 11.3 Å². The molecule has 2 aromatic carbocycles. The highest BCUT2D eigenvalue weighted by molar-refractivity contribution is 7.10. The highest BCUT2D eigenvalue weighted by Crippen LogP contribution is 2.31. The van der Waals surface area contributed by atoms with Gasteiger partial charge in [0.05, 0.1) is 18.3 Å². The van der Waals surface area contributed by atoms with Crippen LogP contribution in [-0.4, -0.2) is 35.1 Å². The molecule has 1 amide bonds. The van der Waals surface area contributed by atoms with E-state index in [0.29, 0.717) is 39.0 Å². The Morgan fingerprint density at radius 2 is 1.62 bits per heavy atom. The number of thiophene rings is 1. The Bertz CT molecular complexity index is 926. The van der Waals surface area contributed by atoms with Crippen molar-refractivity contribution in [3.05, 3.63) is 88.1 Å². The highest BCUT2D eigenvalue weighted by atomic mass is 32.1. The molecule has 1 aliphatic heterocycles. The molecule has 0 spiro atoms. The summed E-state index contributed by atoms with van der Waals surface area (Å²) in [5, 5.41) is 12.7. The molecule has 0 saturated carbocycles. The maximum absolute atomic E-state index is 12.9. The number of aliphatic hydroxyl groups is 1. The maximum Gasteiger partial charge on any atom is 0.224 e. The first-order valence-corrected chi connectivity index (χ1v) is 10.9. The van der Waals surface area contributed by atoms with Crippen LogP contribution < -0.4 is 4.90 Å². The Labute approximate surface area is 176 Å². The Hall–Kier alpha value is -2.63. The van der Waals surface area contributed by atoms with Crippen LogP contribution in [0.5, 0.6) is 0 Å². The van der Waals surface area contributed by atoms with Gasteiger partial charge >= 0.3 is 0 Å². The molecule has 1 aliphatic rings. The number of aliphatic hydroxyl groups excluding tert-OH is 1. The summed E-state index contributed by atoms with van der Waals surface area (Å²) in [6.45, 7) is 2.41. The lowest BCUT2D eigenvalue weighted by Gasteiger charge is -2.33. The van der Waals surface area contributed by atoms with Crippen LogP contribution in [-0.2, 0) is 24.3 Å². The monoisotopic (exact) mass is 406 g/mol. The molecule has 0 fully saturated rings. The quantitative estimate of drug-likeness (QED) is 0.671. The van der Waals surface area contributed by atoms with Crippen LogP contribution in [0.3, 0.4) is 0 Å². The summed E-state index contributed by atoms with van der Waals surface area (Å²) in [6.07, 6.45) is 0.602. The Kier molecular flexibility index (Phi) is 6.27. The number of hydrogen-bond donors (Lipinski definition) is 1. The molecule has 1 N–H and O–H groups in total. The fraction of sp³-hybridized carbons (Fsp3) is 0.292. The second kappa shape index (κ2) is 9.25. The summed E-state index contributed by atoms with van der Waals surface area (Å²) >= 11 is 1.68. The van der Waals surface area contributed by atoms with Crippen LogP contribution in [0.4, 0.5) is 5.69 Å². The van der Waals surface area contributed by atoms with E-state index < -0.39 is 6.10 Å². The summed E-state index contributed by atoms with van der Waals surface area (Å²) < 4.78 is 0. The van der Waals surface area contributed by atoms with Crippen molar-refractivity contribution < 1.29 is 9.90 Å². The third-order valence-corrected chi connectivity index (χ3v) is 6.20. The van der Waals surface area contributed by atoms with Gasteiger partial charge in [0.15, 0.2) is 0 Å². The third-order valence-electron chi connectivity index (χ3n) is 5.31. The average Bonchev–Trinajstić information content (AvgIpc) is 3.19. The van der Waals surface area contributed by atoms with E-state index in [2.05, 4.69) is 28.5 Å². The summed E-state index contributed by atoms with van der Waals surface area (Å²) in [5.41, 5.74) is 3.42. The summed E-state index contributed by atoms with van der Waals surface area (Å²) in [7, 11) is 0. The standard InChI is InChI=1S/C24H26N2O2S/c27-21(15-19-7-3-1-4-8-19)17-25-13-11-24(28)26(16-20-9-5-2-6-10-20)18-23-22(25)12-14-29-23/h1-10,12,14,21,27H,11,13,15-18H2. The molecular weight excluding hydrogens is 380 g/mol. The lowest BCUT2D eigenvalue weighted by atomic mass is 10.1. The number of rotatable bonds is 6. The van der Waals surface area contributed by atoms with E-state index in [9.17, 15) is 9.90 Å². The molecule has 2 heterocycles. The second-order valence-electron chi connectivity index (χ2n) is 7.50. The van der Waals surface area contributed by atoms with E-state index in [-0.39, 0.29) is 5.91 Å². The minimum absolute atomic E-state index is 0.162. The summed E-state index contributed by atoms with van der Waals surface area (Å²) in [4.78, 5) is 18.2. The second-order valence-corrected chi connectivity index (χ2v) is 8.50. The van der Waals surface area contributed by atoms with Gasteiger partial charge < -0.3 is 14.9 Å². The molecule has 0 bridgehead atoms. The van der Waals surface area contributed by atoms with Crippen molar-refractivity contribution in [3.8, 4) is 0 Å². The number of hydrogen-bond acceptors (Lipinski definition) is 4. The van der Waals surface area contributed by atoms with Gasteiger partial charge in [-0.15, -0.1) is 11.3 Å². The Morgan fingerprint density at radius 3 is 2.34 bits per heavy atom. The van der Waals surface area contributed by atoms with Crippen LogP contribution in [0.2, 0.25) is 0 Å². The van der Waals surface area contributed by atoms with Gasteiger partial charge in [-0.25, -0.2) is 0 Å². The minimum atomic E-state index is -0.472. The molecule has 1 unspecified atom stereocenters. The maximum atomic E-state index is 12.9. The lowest BCUT2D eigenvalue weighted by molar-refractivity contribution is -0.132. The smallest absolute Gasteiger partial charge is 0.224 e. The van der Waals surface area contributed by atoms with Crippen LogP contribution in [0.25, 0.3) is 0 Å². The molecule has 3 aromatic rings. The van der Waals surface area contributed by atoms with Crippen LogP contribution in [0.1, 0.15) is 22.4 Å². The number of anilines is 1. The fourth-order valence-corrected chi connectivity index (χ4v) is 4.76. The zero-order valence-corrected chi connectivity index (χ0v) is 17.2. The normalized spacial score (nSPS) is 15.6. The molecule has 5 heteroatoms. The molecule has 0 aliphatic carbocycles. The average molecular weight is 407 g/mol. The Balaban J connectivity index is 1.47. The van der Waals surface area contributed by atoms with Gasteiger partial charge in [0.1, 0.15) is 0 Å². The van der Waals surface area contributed by atoms with Gasteiger partial charge in [0, 0.05) is 37.4 Å². The van der Waals surface area contributed by atoms with E-state index in [1.165, 1.54) is 4.88 Å². The van der Waals surface area contributed by atoms with Gasteiger partial charge in [0.25, 0.3) is 0 Å². The molecule has 0 saturated heterocycles. The number of nitrogens with zero attached hydrogens (tertiary/aromatic N) is 2. The molecular formula is C24H26N2O2S. The van der Waals surface area contributed by atoms with Gasteiger partial charge in [0.2, 0.25) is 5.91 Å². The number of benzene rings is 2. The van der Waals surface area contributed by atoms with Crippen molar-refractivity contribution in [1.82, 2.24) is 4.90 Å². The number of carbonyl (C=O) groups is 1. The topological polar surface area (TPSA) is 43.8 Å². The molecule has 4 nitrogen and oxygen atoms in total. The molecule has 1 atom stereocenters. The van der Waals surface area contributed by atoms with Crippen molar-refractivity contribution >= 4 is 22.9 Å². The van der Waals surface area contributed by atoms with E-state index >= 15 is 0 Å². The Morgan fingerprint density at radius 1 is 0.931 bits per heavy atom. The first kappa shape index (κ1) is 19.7. The van der Waals surface area contributed by atoms with E-state index in [4.69, 9.17) is 0 Å². The van der Waals surface area contributed by atoms with Crippen molar-refractivity contribution in [1.29, 1.82) is 0 Å². The molecule has 150 valence electrons. The number of amides is 1. The number of β-amino-alcohol motifs (C(OH)–C–C–N with tert-alkyl or cyclic N) is 1. The largest absolute Gasteiger partial charge is 0.391 e. The first-order chi connectivity index (χ1) is 14.2. The minimum Gasteiger partial charge on any atom is -0.391 e. The third kappa shape index (κ3) is 5.05. The zero-order valence-electron chi connectivity index (χ0n) is 16.4. The SMILES string of the molecule is O=C1CCN(CC(O)Cc2ccccc2)c2ccsc2CN1Cc1ccccc1. The number of carbonyl (C=O) groups excluding carboxylic acids is 1. The van der Waals surface area contributed by atoms with Crippen molar-refractivity contribution in [2.75, 3.05) is 18.0 Å². The van der Waals surface area contributed by atoms with Gasteiger partial charge in [-0.3, -0.25) is 4.79 Å². The highest BCUT2D eigenvalue weighted by Gasteiger charge is 2.25. The summed E-state index contributed by atoms with van der Waals surface area (Å²) in [6, 6.07) is 22.3. The van der Waals surface area contributed by atoms with Crippen LogP contribution >= 0.6 is 11.3 Å². The van der Waals surface area contributed by atoms with Gasteiger partial charge in [-0.05, 0) is 22.6 Å².